The lowest BCUT2D eigenvalue weighted by Crippen LogP contribution is -2.37. The van der Waals surface area contributed by atoms with E-state index >= 15 is 0 Å². The summed E-state index contributed by atoms with van der Waals surface area (Å²) in [4.78, 5) is 4.88. The van der Waals surface area contributed by atoms with Crippen LogP contribution in [0.25, 0.3) is 0 Å². The molecule has 160 valence electrons. The Morgan fingerprint density at radius 2 is 1.44 bits per heavy atom. The SMILES string of the molecule is OC(c1ccc(Br)cc1)(c1ccc(Br)cc1)C1C=CC=C1C1=N[C@H](c2ccccc2)CO1. The zero-order valence-electron chi connectivity index (χ0n) is 17.2. The normalized spacial score (nSPS) is 20.1. The summed E-state index contributed by atoms with van der Waals surface area (Å²) in [7, 11) is 0. The second-order valence-electron chi connectivity index (χ2n) is 7.94. The minimum absolute atomic E-state index is 0.0400. The minimum Gasteiger partial charge on any atom is -0.475 e. The highest BCUT2D eigenvalue weighted by atomic mass is 79.9. The van der Waals surface area contributed by atoms with E-state index < -0.39 is 5.60 Å². The van der Waals surface area contributed by atoms with Crippen LogP contribution in [0, 0.1) is 5.92 Å². The first kappa shape index (κ1) is 21.4. The molecule has 0 saturated carbocycles. The highest BCUT2D eigenvalue weighted by Crippen LogP contribution is 2.45. The van der Waals surface area contributed by atoms with Gasteiger partial charge in [0.15, 0.2) is 0 Å². The van der Waals surface area contributed by atoms with E-state index in [-0.39, 0.29) is 12.0 Å². The van der Waals surface area contributed by atoms with Gasteiger partial charge in [0.2, 0.25) is 5.90 Å². The van der Waals surface area contributed by atoms with Gasteiger partial charge in [-0.3, -0.25) is 0 Å². The van der Waals surface area contributed by atoms with Crippen molar-refractivity contribution in [1.82, 2.24) is 0 Å². The van der Waals surface area contributed by atoms with Crippen molar-refractivity contribution < 1.29 is 9.84 Å². The molecule has 0 saturated heterocycles. The Labute approximate surface area is 204 Å². The number of allylic oxidation sites excluding steroid dienone is 2. The number of hydrogen-bond acceptors (Lipinski definition) is 3. The number of ether oxygens (including phenoxy) is 1. The van der Waals surface area contributed by atoms with Crippen LogP contribution in [0.2, 0.25) is 0 Å². The van der Waals surface area contributed by atoms with Crippen molar-refractivity contribution in [2.45, 2.75) is 11.6 Å². The molecule has 1 unspecified atom stereocenters. The summed E-state index contributed by atoms with van der Waals surface area (Å²) in [6, 6.07) is 25.8. The van der Waals surface area contributed by atoms with Crippen LogP contribution in [-0.2, 0) is 10.3 Å². The molecular formula is C27H21Br2NO2. The Kier molecular flexibility index (Phi) is 5.89. The van der Waals surface area contributed by atoms with Crippen molar-refractivity contribution in [2.75, 3.05) is 6.61 Å². The third kappa shape index (κ3) is 3.90. The first-order valence-corrected chi connectivity index (χ1v) is 12.0. The number of aliphatic hydroxyl groups is 1. The van der Waals surface area contributed by atoms with Gasteiger partial charge in [0.1, 0.15) is 18.2 Å². The number of hydrogen-bond donors (Lipinski definition) is 1. The lowest BCUT2D eigenvalue weighted by atomic mass is 9.74. The first-order chi connectivity index (χ1) is 15.6. The van der Waals surface area contributed by atoms with Crippen LogP contribution < -0.4 is 0 Å². The molecule has 0 fully saturated rings. The van der Waals surface area contributed by atoms with Gasteiger partial charge in [-0.05, 0) is 41.0 Å². The molecule has 1 heterocycles. The van der Waals surface area contributed by atoms with E-state index in [1.165, 1.54) is 0 Å². The Balaban J connectivity index is 1.56. The fourth-order valence-corrected chi connectivity index (χ4v) is 4.89. The van der Waals surface area contributed by atoms with Crippen LogP contribution in [0.3, 0.4) is 0 Å². The molecule has 1 aliphatic carbocycles. The molecule has 0 amide bonds. The molecule has 0 bridgehead atoms. The molecular weight excluding hydrogens is 530 g/mol. The lowest BCUT2D eigenvalue weighted by molar-refractivity contribution is 0.0518. The number of nitrogens with zero attached hydrogens (tertiary/aromatic N) is 1. The van der Waals surface area contributed by atoms with E-state index in [9.17, 15) is 5.11 Å². The Morgan fingerprint density at radius 1 is 0.844 bits per heavy atom. The second kappa shape index (κ2) is 8.81. The Hall–Kier alpha value is -2.47. The summed E-state index contributed by atoms with van der Waals surface area (Å²) in [5.74, 6) is 0.264. The van der Waals surface area contributed by atoms with Crippen LogP contribution in [0.5, 0.6) is 0 Å². The molecule has 0 spiro atoms. The third-order valence-electron chi connectivity index (χ3n) is 6.02. The van der Waals surface area contributed by atoms with Gasteiger partial charge in [0.25, 0.3) is 0 Å². The molecule has 1 N–H and O–H groups in total. The number of benzene rings is 3. The molecule has 3 aromatic rings. The molecule has 5 rings (SSSR count). The van der Waals surface area contributed by atoms with Gasteiger partial charge < -0.3 is 9.84 Å². The highest BCUT2D eigenvalue weighted by Gasteiger charge is 2.44. The van der Waals surface area contributed by atoms with Crippen LogP contribution in [0.15, 0.2) is 117 Å². The Bertz CT molecular complexity index is 1150. The fourth-order valence-electron chi connectivity index (χ4n) is 4.36. The first-order valence-electron chi connectivity index (χ1n) is 10.4. The van der Waals surface area contributed by atoms with E-state index in [0.29, 0.717) is 12.5 Å². The van der Waals surface area contributed by atoms with Gasteiger partial charge in [-0.25, -0.2) is 4.99 Å². The maximum Gasteiger partial charge on any atom is 0.213 e. The van der Waals surface area contributed by atoms with Crippen LogP contribution in [-0.4, -0.2) is 17.6 Å². The molecule has 5 heteroatoms. The van der Waals surface area contributed by atoms with Crippen molar-refractivity contribution in [3.05, 3.63) is 128 Å². The van der Waals surface area contributed by atoms with Gasteiger partial charge in [0.05, 0.1) is 0 Å². The van der Waals surface area contributed by atoms with Crippen LogP contribution >= 0.6 is 31.9 Å². The summed E-state index contributed by atoms with van der Waals surface area (Å²) in [6.07, 6.45) is 6.01. The van der Waals surface area contributed by atoms with Crippen molar-refractivity contribution >= 4 is 37.8 Å². The highest BCUT2D eigenvalue weighted by molar-refractivity contribution is 9.10. The Morgan fingerprint density at radius 3 is 2.03 bits per heavy atom. The van der Waals surface area contributed by atoms with Gasteiger partial charge >= 0.3 is 0 Å². The van der Waals surface area contributed by atoms with Crippen molar-refractivity contribution in [1.29, 1.82) is 0 Å². The molecule has 0 radical (unpaired) electrons. The molecule has 3 nitrogen and oxygen atoms in total. The summed E-state index contributed by atoms with van der Waals surface area (Å²) < 4.78 is 7.98. The standard InChI is InChI=1S/C27H21Br2NO2/c28-21-13-9-19(10-14-21)27(31,20-11-15-22(29)16-12-20)24-8-4-7-23(24)26-30-25(17-32-26)18-5-2-1-3-6-18/h1-16,24-25,31H,17H2/t24?,25-/m0/s1. The molecule has 3 aromatic carbocycles. The zero-order valence-corrected chi connectivity index (χ0v) is 20.3. The van der Waals surface area contributed by atoms with E-state index in [2.05, 4.69) is 44.0 Å². The van der Waals surface area contributed by atoms with Crippen molar-refractivity contribution in [3.63, 3.8) is 0 Å². The van der Waals surface area contributed by atoms with Gasteiger partial charge in [-0.1, -0.05) is 105 Å². The molecule has 32 heavy (non-hydrogen) atoms. The lowest BCUT2D eigenvalue weighted by Gasteiger charge is -2.36. The average molecular weight is 551 g/mol. The number of aliphatic imine (C=N–C) groups is 1. The predicted molar refractivity (Wildman–Crippen MR) is 135 cm³/mol. The molecule has 1 aliphatic heterocycles. The minimum atomic E-state index is -1.28. The predicted octanol–water partition coefficient (Wildman–Crippen LogP) is 6.73. The maximum atomic E-state index is 12.3. The van der Waals surface area contributed by atoms with Gasteiger partial charge in [-0.15, -0.1) is 0 Å². The van der Waals surface area contributed by atoms with Crippen LogP contribution in [0.1, 0.15) is 22.7 Å². The quantitative estimate of drug-likeness (QED) is 0.382. The molecule has 2 atom stereocenters. The van der Waals surface area contributed by atoms with Crippen molar-refractivity contribution in [3.8, 4) is 0 Å². The van der Waals surface area contributed by atoms with Crippen LogP contribution in [0.4, 0.5) is 0 Å². The third-order valence-corrected chi connectivity index (χ3v) is 7.07. The van der Waals surface area contributed by atoms with E-state index in [4.69, 9.17) is 9.73 Å². The molecule has 0 aromatic heterocycles. The number of rotatable bonds is 5. The fraction of sp³-hybridized carbons (Fsp3) is 0.148. The smallest absolute Gasteiger partial charge is 0.213 e. The summed E-state index contributed by atoms with van der Waals surface area (Å²) in [5, 5.41) is 12.3. The average Bonchev–Trinajstić information content (AvgIpc) is 3.50. The summed E-state index contributed by atoms with van der Waals surface area (Å²) >= 11 is 7.01. The maximum absolute atomic E-state index is 12.3. The van der Waals surface area contributed by atoms with E-state index in [1.54, 1.807) is 0 Å². The summed E-state index contributed by atoms with van der Waals surface area (Å²) in [6.45, 7) is 0.498. The zero-order chi connectivity index (χ0) is 22.1. The molecule has 2 aliphatic rings. The monoisotopic (exact) mass is 549 g/mol. The van der Waals surface area contributed by atoms with Gasteiger partial charge in [-0.2, -0.15) is 0 Å². The second-order valence-corrected chi connectivity index (χ2v) is 9.77. The van der Waals surface area contributed by atoms with Gasteiger partial charge in [0, 0.05) is 20.4 Å². The number of halogens is 2. The largest absolute Gasteiger partial charge is 0.475 e. The van der Waals surface area contributed by atoms with E-state index in [1.807, 2.05) is 85.0 Å². The van der Waals surface area contributed by atoms with Crippen molar-refractivity contribution in [2.24, 2.45) is 10.9 Å². The topological polar surface area (TPSA) is 41.8 Å². The summed E-state index contributed by atoms with van der Waals surface area (Å²) in [5.41, 5.74) is 2.35. The van der Waals surface area contributed by atoms with E-state index in [0.717, 1.165) is 31.2 Å².